The average Bonchev–Trinajstić information content (AvgIpc) is 2.30. The number of ether oxygens (including phenoxy) is 1. The summed E-state index contributed by atoms with van der Waals surface area (Å²) in [6, 6.07) is 4.75. The van der Waals surface area contributed by atoms with Gasteiger partial charge in [-0.2, -0.15) is 0 Å². The van der Waals surface area contributed by atoms with Gasteiger partial charge in [-0.1, -0.05) is 19.1 Å². The van der Waals surface area contributed by atoms with Crippen molar-refractivity contribution in [1.82, 2.24) is 4.90 Å². The molecule has 0 aliphatic heterocycles. The third-order valence-electron chi connectivity index (χ3n) is 2.79. The molecule has 0 saturated heterocycles. The lowest BCUT2D eigenvalue weighted by atomic mass is 10.1. The molecule has 0 bridgehead atoms. The van der Waals surface area contributed by atoms with Crippen LogP contribution in [0, 0.1) is 0 Å². The molecule has 0 fully saturated rings. The normalized spacial score (nSPS) is 13.3. The Balaban J connectivity index is 2.68. The summed E-state index contributed by atoms with van der Waals surface area (Å²) in [5.74, 6) is -1.22. The number of hydrogen-bond acceptors (Lipinski definition) is 3. The number of alkyl halides is 3. The van der Waals surface area contributed by atoms with Gasteiger partial charge >= 0.3 is 12.3 Å². The highest BCUT2D eigenvalue weighted by molar-refractivity contribution is 5.73. The number of aliphatic carboxylic acids is 1. The van der Waals surface area contributed by atoms with Crippen molar-refractivity contribution in [2.24, 2.45) is 0 Å². The van der Waals surface area contributed by atoms with Crippen molar-refractivity contribution in [1.29, 1.82) is 0 Å². The zero-order valence-corrected chi connectivity index (χ0v) is 11.1. The van der Waals surface area contributed by atoms with E-state index in [2.05, 4.69) is 4.74 Å². The number of carboxylic acid groups (broad SMARTS) is 1. The predicted octanol–water partition coefficient (Wildman–Crippen LogP) is 2.88. The zero-order valence-electron chi connectivity index (χ0n) is 11.1. The molecule has 0 heterocycles. The van der Waals surface area contributed by atoms with Gasteiger partial charge in [0.1, 0.15) is 11.8 Å². The molecule has 7 heteroatoms. The Labute approximate surface area is 114 Å². The molecule has 4 nitrogen and oxygen atoms in total. The van der Waals surface area contributed by atoms with E-state index in [4.69, 9.17) is 5.11 Å². The van der Waals surface area contributed by atoms with Gasteiger partial charge in [-0.15, -0.1) is 13.2 Å². The number of rotatable bonds is 6. The van der Waals surface area contributed by atoms with Gasteiger partial charge in [-0.25, -0.2) is 0 Å². The van der Waals surface area contributed by atoms with Crippen molar-refractivity contribution in [3.63, 3.8) is 0 Å². The minimum Gasteiger partial charge on any atom is -0.480 e. The summed E-state index contributed by atoms with van der Waals surface area (Å²) >= 11 is 0. The van der Waals surface area contributed by atoms with Crippen LogP contribution in [0.5, 0.6) is 5.75 Å². The molecule has 1 aromatic rings. The van der Waals surface area contributed by atoms with Gasteiger partial charge in [0.2, 0.25) is 0 Å². The highest BCUT2D eigenvalue weighted by Crippen LogP contribution is 2.23. The van der Waals surface area contributed by atoms with Gasteiger partial charge in [0.25, 0.3) is 0 Å². The van der Waals surface area contributed by atoms with Gasteiger partial charge in [0.05, 0.1) is 0 Å². The van der Waals surface area contributed by atoms with Crippen molar-refractivity contribution < 1.29 is 27.8 Å². The van der Waals surface area contributed by atoms with Crippen molar-refractivity contribution >= 4 is 5.97 Å². The number of benzene rings is 1. The van der Waals surface area contributed by atoms with Gasteiger partial charge < -0.3 is 9.84 Å². The lowest BCUT2D eigenvalue weighted by molar-refractivity contribution is -0.274. The van der Waals surface area contributed by atoms with E-state index in [-0.39, 0.29) is 5.75 Å². The van der Waals surface area contributed by atoms with E-state index in [0.29, 0.717) is 18.5 Å². The highest BCUT2D eigenvalue weighted by Gasteiger charge is 2.31. The van der Waals surface area contributed by atoms with Crippen LogP contribution in [-0.2, 0) is 11.3 Å². The molecule has 0 aromatic heterocycles. The molecule has 0 amide bonds. The summed E-state index contributed by atoms with van der Waals surface area (Å²) in [4.78, 5) is 12.6. The van der Waals surface area contributed by atoms with Crippen LogP contribution in [0.15, 0.2) is 24.3 Å². The average molecular weight is 291 g/mol. The first-order valence-corrected chi connectivity index (χ1v) is 6.00. The van der Waals surface area contributed by atoms with E-state index in [1.54, 1.807) is 18.9 Å². The predicted molar refractivity (Wildman–Crippen MR) is 66.3 cm³/mol. The Hall–Kier alpha value is -1.76. The lowest BCUT2D eigenvalue weighted by Crippen LogP contribution is -2.37. The summed E-state index contributed by atoms with van der Waals surface area (Å²) in [7, 11) is 1.66. The first kappa shape index (κ1) is 16.3. The first-order valence-electron chi connectivity index (χ1n) is 6.00. The molecule has 1 unspecified atom stereocenters. The third-order valence-corrected chi connectivity index (χ3v) is 2.79. The maximum absolute atomic E-state index is 12.0. The van der Waals surface area contributed by atoms with Crippen molar-refractivity contribution in [3.05, 3.63) is 29.8 Å². The lowest BCUT2D eigenvalue weighted by Gasteiger charge is -2.23. The van der Waals surface area contributed by atoms with Gasteiger partial charge in [-0.05, 0) is 31.2 Å². The highest BCUT2D eigenvalue weighted by atomic mass is 19.4. The van der Waals surface area contributed by atoms with Crippen LogP contribution < -0.4 is 4.74 Å². The number of carboxylic acids is 1. The molecule has 1 rings (SSSR count). The fourth-order valence-electron chi connectivity index (χ4n) is 1.87. The Kier molecular flexibility index (Phi) is 5.38. The fourth-order valence-corrected chi connectivity index (χ4v) is 1.87. The van der Waals surface area contributed by atoms with Gasteiger partial charge in [0, 0.05) is 6.54 Å². The van der Waals surface area contributed by atoms with Crippen LogP contribution in [0.2, 0.25) is 0 Å². The Morgan fingerprint density at radius 2 is 1.90 bits per heavy atom. The standard InChI is InChI=1S/C13H16F3NO3/c1-3-11(12(18)19)17(2)8-9-4-6-10(7-5-9)20-13(14,15)16/h4-7,11H,3,8H2,1-2H3,(H,18,19). The monoisotopic (exact) mass is 291 g/mol. The summed E-state index contributed by atoms with van der Waals surface area (Å²) in [5, 5.41) is 9.01. The maximum Gasteiger partial charge on any atom is 0.573 e. The zero-order chi connectivity index (χ0) is 15.3. The van der Waals surface area contributed by atoms with Gasteiger partial charge in [0.15, 0.2) is 0 Å². The molecule has 1 aromatic carbocycles. The fraction of sp³-hybridized carbons (Fsp3) is 0.462. The molecule has 112 valence electrons. The van der Waals surface area contributed by atoms with E-state index < -0.39 is 18.4 Å². The van der Waals surface area contributed by atoms with Crippen LogP contribution in [-0.4, -0.2) is 35.4 Å². The molecule has 0 aliphatic rings. The number of carbonyl (C=O) groups is 1. The van der Waals surface area contributed by atoms with Crippen molar-refractivity contribution in [3.8, 4) is 5.75 Å². The number of halogens is 3. The molecule has 1 atom stereocenters. The molecule has 1 N–H and O–H groups in total. The molecule has 0 spiro atoms. The second-order valence-electron chi connectivity index (χ2n) is 4.37. The van der Waals surface area contributed by atoms with Gasteiger partial charge in [-0.3, -0.25) is 9.69 Å². The summed E-state index contributed by atoms with van der Waals surface area (Å²) in [5.41, 5.74) is 0.710. The van der Waals surface area contributed by atoms with E-state index in [1.165, 1.54) is 24.3 Å². The molecule has 0 aliphatic carbocycles. The summed E-state index contributed by atoms with van der Waals surface area (Å²) < 4.78 is 39.8. The Bertz CT molecular complexity index is 445. The third kappa shape index (κ3) is 5.08. The van der Waals surface area contributed by atoms with E-state index >= 15 is 0 Å². The van der Waals surface area contributed by atoms with E-state index in [0.717, 1.165) is 0 Å². The quantitative estimate of drug-likeness (QED) is 0.875. The van der Waals surface area contributed by atoms with E-state index in [9.17, 15) is 18.0 Å². The summed E-state index contributed by atoms with van der Waals surface area (Å²) in [6.07, 6.45) is -4.27. The molecular formula is C13H16F3NO3. The molecule has 20 heavy (non-hydrogen) atoms. The minimum atomic E-state index is -4.71. The first-order chi connectivity index (χ1) is 9.23. The van der Waals surface area contributed by atoms with Crippen molar-refractivity contribution in [2.45, 2.75) is 32.3 Å². The second kappa shape index (κ2) is 6.60. The van der Waals surface area contributed by atoms with Crippen LogP contribution >= 0.6 is 0 Å². The molecule has 0 radical (unpaired) electrons. The topological polar surface area (TPSA) is 49.8 Å². The second-order valence-corrected chi connectivity index (χ2v) is 4.37. The van der Waals surface area contributed by atoms with E-state index in [1.807, 2.05) is 0 Å². The smallest absolute Gasteiger partial charge is 0.480 e. The maximum atomic E-state index is 12.0. The largest absolute Gasteiger partial charge is 0.573 e. The van der Waals surface area contributed by atoms with Crippen LogP contribution in [0.25, 0.3) is 0 Å². The van der Waals surface area contributed by atoms with Crippen LogP contribution in [0.1, 0.15) is 18.9 Å². The molecule has 0 saturated carbocycles. The molecular weight excluding hydrogens is 275 g/mol. The number of hydrogen-bond donors (Lipinski definition) is 1. The Morgan fingerprint density at radius 1 is 1.35 bits per heavy atom. The number of nitrogens with zero attached hydrogens (tertiary/aromatic N) is 1. The number of likely N-dealkylation sites (N-methyl/N-ethyl adjacent to an activating group) is 1. The van der Waals surface area contributed by atoms with Crippen LogP contribution in [0.4, 0.5) is 13.2 Å². The summed E-state index contributed by atoms with van der Waals surface area (Å²) in [6.45, 7) is 2.09. The van der Waals surface area contributed by atoms with Crippen LogP contribution in [0.3, 0.4) is 0 Å². The minimum absolute atomic E-state index is 0.297. The Morgan fingerprint density at radius 3 is 2.30 bits per heavy atom. The van der Waals surface area contributed by atoms with Crippen molar-refractivity contribution in [2.75, 3.05) is 7.05 Å². The SMILES string of the molecule is CCC(C(=O)O)N(C)Cc1ccc(OC(F)(F)F)cc1.